The van der Waals surface area contributed by atoms with Crippen LogP contribution < -0.4 is 5.32 Å². The number of carbonyl (C=O) groups excluding carboxylic acids is 2. The molecule has 0 radical (unpaired) electrons. The zero-order valence-corrected chi connectivity index (χ0v) is 34.5. The number of phosphoric acid groups is 1. The summed E-state index contributed by atoms with van der Waals surface area (Å²) in [7, 11) is -4.75. The van der Waals surface area contributed by atoms with Crippen LogP contribution in [-0.4, -0.2) is 64.9 Å². The number of carbonyl (C=O) groups is 3. The maximum atomic E-state index is 12.3. The van der Waals surface area contributed by atoms with E-state index in [0.717, 1.165) is 57.8 Å². The second kappa shape index (κ2) is 37.2. The van der Waals surface area contributed by atoms with Crippen molar-refractivity contribution in [3.8, 4) is 0 Å². The molecule has 0 aromatic heterocycles. The van der Waals surface area contributed by atoms with E-state index in [4.69, 9.17) is 13.8 Å². The van der Waals surface area contributed by atoms with Crippen LogP contribution in [0.5, 0.6) is 0 Å². The van der Waals surface area contributed by atoms with Gasteiger partial charge in [-0.2, -0.15) is 0 Å². The van der Waals surface area contributed by atoms with E-state index in [0.29, 0.717) is 12.8 Å². The summed E-state index contributed by atoms with van der Waals surface area (Å²) in [6, 6.07) is -1.55. The zero-order chi connectivity index (χ0) is 39.3. The Morgan fingerprint density at radius 2 is 0.981 bits per heavy atom. The van der Waals surface area contributed by atoms with Crippen LogP contribution in [0.2, 0.25) is 0 Å². The summed E-state index contributed by atoms with van der Waals surface area (Å²) in [5.41, 5.74) is 0. The first kappa shape index (κ1) is 51.2. The SMILES string of the molecule is CCCCCCCCC/C=C\CCCCCCCC(=O)NC(COP(=O)(O)OCC(O)COC(=O)CCCCCCCCCCCCCCC)C(=O)O. The van der Waals surface area contributed by atoms with Crippen LogP contribution in [0.3, 0.4) is 0 Å². The highest BCUT2D eigenvalue weighted by Gasteiger charge is 2.28. The summed E-state index contributed by atoms with van der Waals surface area (Å²) in [5, 5.41) is 21.8. The number of hydrogen-bond acceptors (Lipinski definition) is 8. The molecule has 53 heavy (non-hydrogen) atoms. The van der Waals surface area contributed by atoms with Gasteiger partial charge in [0.15, 0.2) is 6.04 Å². The van der Waals surface area contributed by atoms with Crippen LogP contribution in [0.1, 0.15) is 200 Å². The van der Waals surface area contributed by atoms with E-state index in [-0.39, 0.29) is 12.8 Å². The fraction of sp³-hybridized carbons (Fsp3) is 0.878. The zero-order valence-electron chi connectivity index (χ0n) is 33.6. The fourth-order valence-electron chi connectivity index (χ4n) is 5.96. The minimum atomic E-state index is -4.75. The highest BCUT2D eigenvalue weighted by Crippen LogP contribution is 2.43. The van der Waals surface area contributed by atoms with Crippen molar-refractivity contribution >= 4 is 25.7 Å². The molecule has 0 saturated heterocycles. The largest absolute Gasteiger partial charge is 0.480 e. The summed E-state index contributed by atoms with van der Waals surface area (Å²) in [6.45, 7) is 2.59. The first-order chi connectivity index (χ1) is 25.6. The molecule has 0 spiro atoms. The van der Waals surface area contributed by atoms with Gasteiger partial charge in [0.2, 0.25) is 5.91 Å². The van der Waals surface area contributed by atoms with Gasteiger partial charge in [0, 0.05) is 12.8 Å². The van der Waals surface area contributed by atoms with Crippen molar-refractivity contribution in [2.75, 3.05) is 19.8 Å². The Labute approximate surface area is 322 Å². The Hall–Kier alpha value is -1.78. The van der Waals surface area contributed by atoms with Crippen LogP contribution in [0, 0.1) is 0 Å². The number of hydrogen-bond donors (Lipinski definition) is 4. The lowest BCUT2D eigenvalue weighted by Gasteiger charge is -2.18. The normalized spacial score (nSPS) is 13.9. The predicted molar refractivity (Wildman–Crippen MR) is 213 cm³/mol. The maximum Gasteiger partial charge on any atom is 0.472 e. The number of allylic oxidation sites excluding steroid dienone is 2. The first-order valence-electron chi connectivity index (χ1n) is 21.2. The molecule has 0 aromatic rings. The number of unbranched alkanes of at least 4 members (excludes halogenated alkanes) is 24. The van der Waals surface area contributed by atoms with Gasteiger partial charge in [-0.15, -0.1) is 0 Å². The molecule has 0 fully saturated rings. The van der Waals surface area contributed by atoms with Crippen LogP contribution >= 0.6 is 7.82 Å². The third-order valence-corrected chi connectivity index (χ3v) is 10.3. The number of esters is 1. The van der Waals surface area contributed by atoms with Crippen LogP contribution in [-0.2, 0) is 32.7 Å². The van der Waals surface area contributed by atoms with Crippen molar-refractivity contribution in [1.82, 2.24) is 5.32 Å². The molecule has 0 bridgehead atoms. The molecule has 12 heteroatoms. The standard InChI is InChI=1S/C41H78NO10P/c1-3-5-7-9-11-13-15-17-18-19-21-22-24-26-28-30-32-39(44)42-38(41(46)47)36-52-53(48,49)51-35-37(43)34-50-40(45)33-31-29-27-25-23-20-16-14-12-10-8-6-4-2/h18-19,37-38,43H,3-17,20-36H2,1-2H3,(H,42,44)(H,46,47)(H,48,49)/b19-18-. The van der Waals surface area contributed by atoms with E-state index in [9.17, 15) is 34.1 Å². The number of amides is 1. The van der Waals surface area contributed by atoms with Crippen molar-refractivity contribution in [3.63, 3.8) is 0 Å². The molecule has 0 saturated carbocycles. The number of nitrogens with one attached hydrogen (secondary N) is 1. The molecule has 3 atom stereocenters. The number of ether oxygens (including phenoxy) is 1. The molecule has 312 valence electrons. The molecule has 0 aromatic carbocycles. The van der Waals surface area contributed by atoms with Crippen molar-refractivity contribution in [2.24, 2.45) is 0 Å². The van der Waals surface area contributed by atoms with Gasteiger partial charge in [-0.3, -0.25) is 18.6 Å². The Balaban J connectivity index is 3.92. The average molecular weight is 776 g/mol. The van der Waals surface area contributed by atoms with Gasteiger partial charge in [-0.25, -0.2) is 9.36 Å². The lowest BCUT2D eigenvalue weighted by molar-refractivity contribution is -0.147. The van der Waals surface area contributed by atoms with E-state index in [1.165, 1.54) is 103 Å². The maximum absolute atomic E-state index is 12.3. The van der Waals surface area contributed by atoms with Gasteiger partial charge in [-0.1, -0.05) is 161 Å². The number of carboxylic acids is 1. The number of phosphoric ester groups is 1. The van der Waals surface area contributed by atoms with E-state index in [1.807, 2.05) is 0 Å². The van der Waals surface area contributed by atoms with Gasteiger partial charge in [0.05, 0.1) is 13.2 Å². The molecule has 0 heterocycles. The third-order valence-electron chi connectivity index (χ3n) is 9.30. The van der Waals surface area contributed by atoms with Crippen LogP contribution in [0.15, 0.2) is 12.2 Å². The minimum absolute atomic E-state index is 0.139. The monoisotopic (exact) mass is 776 g/mol. The highest BCUT2D eigenvalue weighted by atomic mass is 31.2. The Bertz CT molecular complexity index is 963. The van der Waals surface area contributed by atoms with Gasteiger partial charge in [0.1, 0.15) is 12.7 Å². The van der Waals surface area contributed by atoms with Crippen molar-refractivity contribution in [1.29, 1.82) is 0 Å². The van der Waals surface area contributed by atoms with E-state index >= 15 is 0 Å². The molecule has 1 amide bonds. The molecule has 11 nitrogen and oxygen atoms in total. The van der Waals surface area contributed by atoms with E-state index in [1.54, 1.807) is 0 Å². The Morgan fingerprint density at radius 3 is 1.43 bits per heavy atom. The van der Waals surface area contributed by atoms with Crippen molar-refractivity contribution < 1.29 is 47.8 Å². The second-order valence-corrected chi connectivity index (χ2v) is 16.0. The molecular weight excluding hydrogens is 697 g/mol. The van der Waals surface area contributed by atoms with Gasteiger partial charge < -0.3 is 25.2 Å². The van der Waals surface area contributed by atoms with Gasteiger partial charge in [0.25, 0.3) is 0 Å². The third kappa shape index (κ3) is 36.9. The smallest absolute Gasteiger partial charge is 0.472 e. The predicted octanol–water partition coefficient (Wildman–Crippen LogP) is 10.5. The number of aliphatic carboxylic acids is 1. The van der Waals surface area contributed by atoms with Crippen LogP contribution in [0.25, 0.3) is 0 Å². The number of aliphatic hydroxyl groups is 1. The molecule has 4 N–H and O–H groups in total. The number of aliphatic hydroxyl groups excluding tert-OH is 1. The summed E-state index contributed by atoms with van der Waals surface area (Å²) in [4.78, 5) is 45.8. The van der Waals surface area contributed by atoms with E-state index < -0.39 is 57.6 Å². The van der Waals surface area contributed by atoms with Crippen molar-refractivity contribution in [3.05, 3.63) is 12.2 Å². The Kier molecular flexibility index (Phi) is 35.9. The van der Waals surface area contributed by atoms with Gasteiger partial charge in [-0.05, 0) is 38.5 Å². The number of carboxylic acid groups (broad SMARTS) is 1. The summed E-state index contributed by atoms with van der Waals surface area (Å²) in [6.07, 6.45) is 35.2. The lowest BCUT2D eigenvalue weighted by Crippen LogP contribution is -2.43. The van der Waals surface area contributed by atoms with Crippen molar-refractivity contribution in [2.45, 2.75) is 212 Å². The molecule has 3 unspecified atom stereocenters. The molecule has 0 aliphatic carbocycles. The lowest BCUT2D eigenvalue weighted by atomic mass is 10.0. The quantitative estimate of drug-likeness (QED) is 0.0203. The highest BCUT2D eigenvalue weighted by molar-refractivity contribution is 7.47. The molecule has 0 aliphatic heterocycles. The summed E-state index contributed by atoms with van der Waals surface area (Å²) >= 11 is 0. The molecule has 0 aliphatic rings. The van der Waals surface area contributed by atoms with E-state index in [2.05, 4.69) is 31.3 Å². The second-order valence-electron chi connectivity index (χ2n) is 14.5. The average Bonchev–Trinajstić information content (AvgIpc) is 3.13. The fourth-order valence-corrected chi connectivity index (χ4v) is 6.73. The topological polar surface area (TPSA) is 169 Å². The minimum Gasteiger partial charge on any atom is -0.480 e. The Morgan fingerprint density at radius 1 is 0.585 bits per heavy atom. The molecular formula is C41H78NO10P. The van der Waals surface area contributed by atoms with Gasteiger partial charge >= 0.3 is 19.8 Å². The number of rotatable bonds is 40. The molecule has 0 rings (SSSR count). The van der Waals surface area contributed by atoms with Crippen LogP contribution in [0.4, 0.5) is 0 Å². The first-order valence-corrected chi connectivity index (χ1v) is 22.7. The summed E-state index contributed by atoms with van der Waals surface area (Å²) < 4.78 is 26.8. The summed E-state index contributed by atoms with van der Waals surface area (Å²) in [5.74, 6) is -2.37.